The van der Waals surface area contributed by atoms with Crippen LogP contribution in [0, 0.1) is 0 Å². The number of carbonyl (C=O) groups is 1. The summed E-state index contributed by atoms with van der Waals surface area (Å²) in [6, 6.07) is 2.81. The van der Waals surface area contributed by atoms with E-state index < -0.39 is 12.6 Å². The lowest BCUT2D eigenvalue weighted by Gasteiger charge is -2.10. The first kappa shape index (κ1) is 14.2. The SMILES string of the molecule is COC(=O)Cc1cc(Br)c(Cl)c(OC(F)F)c1. The molecule has 0 heterocycles. The lowest BCUT2D eigenvalue weighted by Crippen LogP contribution is -2.06. The Bertz CT molecular complexity index is 426. The summed E-state index contributed by atoms with van der Waals surface area (Å²) < 4.78 is 33.3. The van der Waals surface area contributed by atoms with Crippen LogP contribution in [0.15, 0.2) is 16.6 Å². The van der Waals surface area contributed by atoms with Crippen LogP contribution < -0.4 is 4.74 Å². The number of benzene rings is 1. The van der Waals surface area contributed by atoms with Crippen LogP contribution in [-0.4, -0.2) is 19.7 Å². The zero-order chi connectivity index (χ0) is 13.0. The Kier molecular flexibility index (Phi) is 5.14. The molecule has 7 heteroatoms. The minimum atomic E-state index is -2.98. The normalized spacial score (nSPS) is 10.5. The van der Waals surface area contributed by atoms with Crippen molar-refractivity contribution in [3.05, 3.63) is 27.2 Å². The van der Waals surface area contributed by atoms with Crippen molar-refractivity contribution in [2.24, 2.45) is 0 Å². The molecule has 3 nitrogen and oxygen atoms in total. The van der Waals surface area contributed by atoms with Crippen LogP contribution in [0.3, 0.4) is 0 Å². The maximum absolute atomic E-state index is 12.1. The molecule has 0 atom stereocenters. The Balaban J connectivity index is 3.01. The van der Waals surface area contributed by atoms with Crippen LogP contribution in [0.2, 0.25) is 5.02 Å². The van der Waals surface area contributed by atoms with Gasteiger partial charge in [-0.1, -0.05) is 11.6 Å². The Hall–Kier alpha value is -0.880. The van der Waals surface area contributed by atoms with E-state index in [0.717, 1.165) is 0 Å². The number of esters is 1. The van der Waals surface area contributed by atoms with Gasteiger partial charge in [-0.05, 0) is 33.6 Å². The van der Waals surface area contributed by atoms with Gasteiger partial charge >= 0.3 is 12.6 Å². The standard InChI is InChI=1S/C10H8BrClF2O3/c1-16-8(15)4-5-2-6(11)9(12)7(3-5)17-10(13)14/h2-3,10H,4H2,1H3. The third-order valence-electron chi connectivity index (χ3n) is 1.85. The first-order valence-corrected chi connectivity index (χ1v) is 5.60. The first-order chi connectivity index (χ1) is 7.93. The molecule has 0 N–H and O–H groups in total. The molecular weight excluding hydrogens is 321 g/mol. The second-order valence-electron chi connectivity index (χ2n) is 3.02. The van der Waals surface area contributed by atoms with Crippen LogP contribution >= 0.6 is 27.5 Å². The maximum Gasteiger partial charge on any atom is 0.387 e. The average Bonchev–Trinajstić information content (AvgIpc) is 2.24. The van der Waals surface area contributed by atoms with E-state index in [-0.39, 0.29) is 17.2 Å². The zero-order valence-corrected chi connectivity index (χ0v) is 11.0. The Morgan fingerprint density at radius 1 is 1.53 bits per heavy atom. The van der Waals surface area contributed by atoms with Crippen LogP contribution in [0.5, 0.6) is 5.75 Å². The van der Waals surface area contributed by atoms with Gasteiger partial charge in [0.15, 0.2) is 0 Å². The molecule has 0 saturated heterocycles. The molecule has 0 saturated carbocycles. The molecule has 1 aromatic rings. The largest absolute Gasteiger partial charge is 0.469 e. The molecule has 0 aliphatic carbocycles. The second kappa shape index (κ2) is 6.16. The Labute approximate surface area is 110 Å². The molecule has 0 bridgehead atoms. The van der Waals surface area contributed by atoms with Crippen molar-refractivity contribution >= 4 is 33.5 Å². The van der Waals surface area contributed by atoms with Gasteiger partial charge in [0.2, 0.25) is 0 Å². The Morgan fingerprint density at radius 2 is 2.18 bits per heavy atom. The number of rotatable bonds is 4. The van der Waals surface area contributed by atoms with Crippen molar-refractivity contribution in [1.82, 2.24) is 0 Å². The van der Waals surface area contributed by atoms with E-state index in [2.05, 4.69) is 25.4 Å². The van der Waals surface area contributed by atoms with Crippen molar-refractivity contribution in [2.45, 2.75) is 13.0 Å². The van der Waals surface area contributed by atoms with Crippen LogP contribution in [0.25, 0.3) is 0 Å². The summed E-state index contributed by atoms with van der Waals surface area (Å²) in [5.41, 5.74) is 0.462. The summed E-state index contributed by atoms with van der Waals surface area (Å²) in [6.07, 6.45) is -0.0497. The summed E-state index contributed by atoms with van der Waals surface area (Å²) >= 11 is 8.85. The molecule has 94 valence electrons. The van der Waals surface area contributed by atoms with E-state index in [1.165, 1.54) is 19.2 Å². The Morgan fingerprint density at radius 3 is 2.71 bits per heavy atom. The van der Waals surface area contributed by atoms with Gasteiger partial charge < -0.3 is 9.47 Å². The summed E-state index contributed by atoms with van der Waals surface area (Å²) in [5, 5.41) is 0.0268. The molecular formula is C10H8BrClF2O3. The highest BCUT2D eigenvalue weighted by atomic mass is 79.9. The van der Waals surface area contributed by atoms with E-state index in [0.29, 0.717) is 10.0 Å². The third-order valence-corrected chi connectivity index (χ3v) is 3.09. The van der Waals surface area contributed by atoms with Crippen molar-refractivity contribution in [1.29, 1.82) is 0 Å². The molecule has 1 aromatic carbocycles. The fourth-order valence-electron chi connectivity index (χ4n) is 1.14. The number of ether oxygens (including phenoxy) is 2. The second-order valence-corrected chi connectivity index (χ2v) is 4.25. The molecule has 0 aliphatic rings. The molecule has 0 radical (unpaired) electrons. The van der Waals surface area contributed by atoms with Gasteiger partial charge in [0.05, 0.1) is 18.6 Å². The highest BCUT2D eigenvalue weighted by Gasteiger charge is 2.14. The van der Waals surface area contributed by atoms with Gasteiger partial charge in [0.25, 0.3) is 0 Å². The molecule has 17 heavy (non-hydrogen) atoms. The molecule has 1 rings (SSSR count). The number of halogens is 4. The van der Waals surface area contributed by atoms with Gasteiger partial charge in [-0.25, -0.2) is 0 Å². The van der Waals surface area contributed by atoms with Crippen molar-refractivity contribution in [3.63, 3.8) is 0 Å². The molecule has 0 unspecified atom stereocenters. The monoisotopic (exact) mass is 328 g/mol. The highest BCUT2D eigenvalue weighted by molar-refractivity contribution is 9.10. The number of methoxy groups -OCH3 is 1. The topological polar surface area (TPSA) is 35.5 Å². The fourth-order valence-corrected chi connectivity index (χ4v) is 1.78. The summed E-state index contributed by atoms with van der Waals surface area (Å²) in [4.78, 5) is 11.1. The molecule has 0 aliphatic heterocycles. The quantitative estimate of drug-likeness (QED) is 0.794. The zero-order valence-electron chi connectivity index (χ0n) is 8.68. The van der Waals surface area contributed by atoms with Gasteiger partial charge in [-0.3, -0.25) is 4.79 Å². The maximum atomic E-state index is 12.1. The summed E-state index contributed by atoms with van der Waals surface area (Å²) in [5.74, 6) is -0.669. The van der Waals surface area contributed by atoms with E-state index in [4.69, 9.17) is 11.6 Å². The van der Waals surface area contributed by atoms with Crippen molar-refractivity contribution in [3.8, 4) is 5.75 Å². The van der Waals surface area contributed by atoms with Crippen LogP contribution in [0.4, 0.5) is 8.78 Å². The highest BCUT2D eigenvalue weighted by Crippen LogP contribution is 2.34. The number of hydrogen-bond acceptors (Lipinski definition) is 3. The van der Waals surface area contributed by atoms with Crippen LogP contribution in [-0.2, 0) is 16.0 Å². The summed E-state index contributed by atoms with van der Waals surface area (Å²) in [6.45, 7) is -2.98. The number of carbonyl (C=O) groups excluding carboxylic acids is 1. The minimum absolute atomic E-state index is 0.0268. The lowest BCUT2D eigenvalue weighted by atomic mass is 10.1. The molecule has 0 spiro atoms. The fraction of sp³-hybridized carbons (Fsp3) is 0.300. The molecule has 0 fully saturated rings. The smallest absolute Gasteiger partial charge is 0.387 e. The van der Waals surface area contributed by atoms with Gasteiger partial charge in [-0.2, -0.15) is 8.78 Å². The number of alkyl halides is 2. The van der Waals surface area contributed by atoms with Crippen LogP contribution in [0.1, 0.15) is 5.56 Å². The van der Waals surface area contributed by atoms with E-state index in [1.54, 1.807) is 0 Å². The van der Waals surface area contributed by atoms with Gasteiger partial charge in [0.1, 0.15) is 5.75 Å². The summed E-state index contributed by atoms with van der Waals surface area (Å²) in [7, 11) is 1.24. The molecule has 0 amide bonds. The first-order valence-electron chi connectivity index (χ1n) is 4.43. The third kappa shape index (κ3) is 4.12. The average molecular weight is 330 g/mol. The van der Waals surface area contributed by atoms with Crippen molar-refractivity contribution < 1.29 is 23.0 Å². The number of hydrogen-bond donors (Lipinski definition) is 0. The van der Waals surface area contributed by atoms with Crippen molar-refractivity contribution in [2.75, 3.05) is 7.11 Å². The predicted octanol–water partition coefficient (Wildman–Crippen LogP) is 3.42. The van der Waals surface area contributed by atoms with Gasteiger partial charge in [0, 0.05) is 4.47 Å². The van der Waals surface area contributed by atoms with E-state index >= 15 is 0 Å². The molecule has 0 aromatic heterocycles. The van der Waals surface area contributed by atoms with E-state index in [1.807, 2.05) is 0 Å². The van der Waals surface area contributed by atoms with E-state index in [9.17, 15) is 13.6 Å². The lowest BCUT2D eigenvalue weighted by molar-refractivity contribution is -0.139. The minimum Gasteiger partial charge on any atom is -0.469 e. The predicted molar refractivity (Wildman–Crippen MR) is 61.5 cm³/mol. The van der Waals surface area contributed by atoms with Gasteiger partial charge in [-0.15, -0.1) is 0 Å².